The van der Waals surface area contributed by atoms with Crippen LogP contribution in [0.15, 0.2) is 0 Å². The number of aliphatic hydroxyl groups excluding tert-OH is 1. The van der Waals surface area contributed by atoms with Crippen LogP contribution in [0.2, 0.25) is 0 Å². The molecule has 0 unspecified atom stereocenters. The molecule has 1 rings (SSSR count). The molecular formula is C9H12F3NO. The standard InChI is InChI=1S/C9H12F3NO/c1-2-5-13-6-3-4-7(13)8(14)9(10,11)12/h1,7-8,14H,3-6H2/t7-,8+/m1/s1. The molecule has 1 N–H and O–H groups in total. The Balaban J connectivity index is 2.63. The SMILES string of the molecule is C#CCN1CCC[C@@H]1[C@H](O)C(F)(F)F. The number of halogens is 3. The zero-order valence-corrected chi connectivity index (χ0v) is 7.59. The predicted octanol–water partition coefficient (Wildman–Crippen LogP) is 1.01. The Labute approximate surface area is 80.7 Å². The van der Waals surface area contributed by atoms with Crippen LogP contribution in [-0.2, 0) is 0 Å². The van der Waals surface area contributed by atoms with Gasteiger partial charge in [0.25, 0.3) is 0 Å². The van der Waals surface area contributed by atoms with Crippen LogP contribution in [0.5, 0.6) is 0 Å². The largest absolute Gasteiger partial charge is 0.415 e. The van der Waals surface area contributed by atoms with Crippen molar-refractivity contribution in [1.82, 2.24) is 4.90 Å². The van der Waals surface area contributed by atoms with E-state index >= 15 is 0 Å². The van der Waals surface area contributed by atoms with Crippen molar-refractivity contribution in [1.29, 1.82) is 0 Å². The quantitative estimate of drug-likeness (QED) is 0.683. The average molecular weight is 207 g/mol. The molecule has 1 fully saturated rings. The van der Waals surface area contributed by atoms with Gasteiger partial charge in [-0.1, -0.05) is 5.92 Å². The molecule has 0 aromatic rings. The lowest BCUT2D eigenvalue weighted by Crippen LogP contribution is -2.47. The van der Waals surface area contributed by atoms with E-state index in [1.165, 1.54) is 4.90 Å². The molecular weight excluding hydrogens is 195 g/mol. The number of hydrogen-bond donors (Lipinski definition) is 1. The first-order valence-electron chi connectivity index (χ1n) is 4.39. The van der Waals surface area contributed by atoms with Crippen molar-refractivity contribution in [3.8, 4) is 12.3 Å². The number of rotatable bonds is 2. The minimum atomic E-state index is -4.55. The summed E-state index contributed by atoms with van der Waals surface area (Å²) in [6.45, 7) is 0.694. The van der Waals surface area contributed by atoms with Gasteiger partial charge in [-0.25, -0.2) is 0 Å². The van der Waals surface area contributed by atoms with E-state index in [2.05, 4.69) is 5.92 Å². The van der Waals surface area contributed by atoms with Crippen LogP contribution in [0.25, 0.3) is 0 Å². The first-order chi connectivity index (χ1) is 6.46. The summed E-state index contributed by atoms with van der Waals surface area (Å²) in [6, 6.07) is -0.869. The lowest BCUT2D eigenvalue weighted by Gasteiger charge is -2.28. The molecule has 2 atom stereocenters. The fraction of sp³-hybridized carbons (Fsp3) is 0.778. The summed E-state index contributed by atoms with van der Waals surface area (Å²) in [5, 5.41) is 9.05. The first-order valence-corrected chi connectivity index (χ1v) is 4.39. The molecule has 0 aromatic carbocycles. The summed E-state index contributed by atoms with van der Waals surface area (Å²) < 4.78 is 36.6. The molecule has 1 aliphatic heterocycles. The molecule has 2 nitrogen and oxygen atoms in total. The lowest BCUT2D eigenvalue weighted by atomic mass is 10.1. The highest BCUT2D eigenvalue weighted by molar-refractivity contribution is 4.96. The lowest BCUT2D eigenvalue weighted by molar-refractivity contribution is -0.218. The third-order valence-electron chi connectivity index (χ3n) is 2.41. The van der Waals surface area contributed by atoms with Gasteiger partial charge in [0.15, 0.2) is 6.10 Å². The monoisotopic (exact) mass is 207 g/mol. The molecule has 0 bridgehead atoms. The van der Waals surface area contributed by atoms with E-state index in [1.807, 2.05) is 0 Å². The minimum Gasteiger partial charge on any atom is -0.382 e. The molecule has 0 radical (unpaired) electrons. The maximum atomic E-state index is 12.2. The summed E-state index contributed by atoms with van der Waals surface area (Å²) in [7, 11) is 0. The van der Waals surface area contributed by atoms with E-state index in [1.54, 1.807) is 0 Å². The zero-order chi connectivity index (χ0) is 10.8. The smallest absolute Gasteiger partial charge is 0.382 e. The Bertz CT molecular complexity index is 233. The first kappa shape index (κ1) is 11.3. The molecule has 0 saturated carbocycles. The van der Waals surface area contributed by atoms with Crippen LogP contribution in [-0.4, -0.2) is 41.4 Å². The normalized spacial score (nSPS) is 26.1. The number of hydrogen-bond acceptors (Lipinski definition) is 2. The fourth-order valence-corrected chi connectivity index (χ4v) is 1.74. The average Bonchev–Trinajstić information content (AvgIpc) is 2.50. The summed E-state index contributed by atoms with van der Waals surface area (Å²) >= 11 is 0. The number of nitrogens with zero attached hydrogens (tertiary/aromatic N) is 1. The van der Waals surface area contributed by atoms with Gasteiger partial charge in [-0.05, 0) is 19.4 Å². The van der Waals surface area contributed by atoms with Crippen molar-refractivity contribution >= 4 is 0 Å². The minimum absolute atomic E-state index is 0.164. The third-order valence-corrected chi connectivity index (χ3v) is 2.41. The highest BCUT2D eigenvalue weighted by atomic mass is 19.4. The molecule has 1 aliphatic rings. The molecule has 0 aromatic heterocycles. The molecule has 14 heavy (non-hydrogen) atoms. The van der Waals surface area contributed by atoms with Gasteiger partial charge < -0.3 is 5.11 Å². The van der Waals surface area contributed by atoms with E-state index in [9.17, 15) is 13.2 Å². The summed E-state index contributed by atoms with van der Waals surface area (Å²) in [6.07, 6.45) is -0.806. The summed E-state index contributed by atoms with van der Waals surface area (Å²) in [4.78, 5) is 1.50. The summed E-state index contributed by atoms with van der Waals surface area (Å²) in [5.74, 6) is 2.29. The van der Waals surface area contributed by atoms with Crippen molar-refractivity contribution in [3.05, 3.63) is 0 Å². The third kappa shape index (κ3) is 2.40. The second-order valence-corrected chi connectivity index (χ2v) is 3.37. The van der Waals surface area contributed by atoms with Gasteiger partial charge in [-0.2, -0.15) is 13.2 Å². The van der Waals surface area contributed by atoms with Gasteiger partial charge in [-0.15, -0.1) is 6.42 Å². The van der Waals surface area contributed by atoms with Crippen molar-refractivity contribution < 1.29 is 18.3 Å². The Kier molecular flexibility index (Phi) is 3.40. The van der Waals surface area contributed by atoms with Gasteiger partial charge in [0.05, 0.1) is 6.54 Å². The van der Waals surface area contributed by atoms with Crippen molar-refractivity contribution in [2.75, 3.05) is 13.1 Å². The molecule has 0 aliphatic carbocycles. The number of aliphatic hydroxyl groups is 1. The van der Waals surface area contributed by atoms with E-state index in [-0.39, 0.29) is 6.54 Å². The molecule has 0 amide bonds. The Hall–Kier alpha value is -0.730. The highest BCUT2D eigenvalue weighted by Crippen LogP contribution is 2.30. The van der Waals surface area contributed by atoms with Gasteiger partial charge in [-0.3, -0.25) is 4.90 Å². The van der Waals surface area contributed by atoms with Crippen LogP contribution in [0.3, 0.4) is 0 Å². The van der Waals surface area contributed by atoms with Crippen LogP contribution >= 0.6 is 0 Å². The fourth-order valence-electron chi connectivity index (χ4n) is 1.74. The van der Waals surface area contributed by atoms with Crippen molar-refractivity contribution in [2.45, 2.75) is 31.2 Å². The maximum Gasteiger partial charge on any atom is 0.415 e. The van der Waals surface area contributed by atoms with Crippen LogP contribution < -0.4 is 0 Å². The van der Waals surface area contributed by atoms with Gasteiger partial charge in [0.1, 0.15) is 0 Å². The summed E-state index contributed by atoms with van der Waals surface area (Å²) in [5.41, 5.74) is 0. The second-order valence-electron chi connectivity index (χ2n) is 3.37. The predicted molar refractivity (Wildman–Crippen MR) is 45.5 cm³/mol. The Morgan fingerprint density at radius 1 is 1.57 bits per heavy atom. The van der Waals surface area contributed by atoms with Crippen LogP contribution in [0.4, 0.5) is 13.2 Å². The molecule has 0 spiro atoms. The maximum absolute atomic E-state index is 12.2. The van der Waals surface area contributed by atoms with E-state index in [0.29, 0.717) is 19.4 Å². The van der Waals surface area contributed by atoms with E-state index in [4.69, 9.17) is 11.5 Å². The Morgan fingerprint density at radius 2 is 2.21 bits per heavy atom. The van der Waals surface area contributed by atoms with Crippen LogP contribution in [0, 0.1) is 12.3 Å². The Morgan fingerprint density at radius 3 is 2.71 bits per heavy atom. The van der Waals surface area contributed by atoms with E-state index in [0.717, 1.165) is 0 Å². The molecule has 1 saturated heterocycles. The highest BCUT2D eigenvalue weighted by Gasteiger charge is 2.46. The molecule has 80 valence electrons. The molecule has 1 heterocycles. The number of likely N-dealkylation sites (tertiary alicyclic amines) is 1. The van der Waals surface area contributed by atoms with E-state index < -0.39 is 18.3 Å². The number of terminal acetylenes is 1. The van der Waals surface area contributed by atoms with Gasteiger partial charge >= 0.3 is 6.18 Å². The van der Waals surface area contributed by atoms with Gasteiger partial charge in [0, 0.05) is 6.04 Å². The van der Waals surface area contributed by atoms with Crippen molar-refractivity contribution in [3.63, 3.8) is 0 Å². The molecule has 5 heteroatoms. The van der Waals surface area contributed by atoms with Crippen molar-refractivity contribution in [2.24, 2.45) is 0 Å². The van der Waals surface area contributed by atoms with Gasteiger partial charge in [0.2, 0.25) is 0 Å². The topological polar surface area (TPSA) is 23.5 Å². The number of alkyl halides is 3. The van der Waals surface area contributed by atoms with Crippen LogP contribution in [0.1, 0.15) is 12.8 Å². The zero-order valence-electron chi connectivity index (χ0n) is 7.59. The second kappa shape index (κ2) is 4.20.